The van der Waals surface area contributed by atoms with Crippen LogP contribution in [0.5, 0.6) is 0 Å². The summed E-state index contributed by atoms with van der Waals surface area (Å²) in [6.45, 7) is 0. The highest BCUT2D eigenvalue weighted by molar-refractivity contribution is 8.01. The normalized spacial score (nSPS) is 15.3. The molecule has 1 aromatic heterocycles. The Labute approximate surface area is 184 Å². The van der Waals surface area contributed by atoms with Crippen LogP contribution in [0.25, 0.3) is 10.2 Å². The van der Waals surface area contributed by atoms with Crippen molar-refractivity contribution in [2.45, 2.75) is 47.4 Å². The molecule has 0 saturated heterocycles. The van der Waals surface area contributed by atoms with Crippen molar-refractivity contribution in [1.29, 1.82) is 0 Å². The number of benzene rings is 2. The van der Waals surface area contributed by atoms with Crippen molar-refractivity contribution in [1.82, 2.24) is 9.71 Å². The second kappa shape index (κ2) is 9.47. The van der Waals surface area contributed by atoms with Crippen LogP contribution >= 0.6 is 23.1 Å². The summed E-state index contributed by atoms with van der Waals surface area (Å²) in [5.41, 5.74) is 1.51. The van der Waals surface area contributed by atoms with Gasteiger partial charge in [0, 0.05) is 11.7 Å². The summed E-state index contributed by atoms with van der Waals surface area (Å²) < 4.78 is 29.9. The average molecular weight is 462 g/mol. The summed E-state index contributed by atoms with van der Waals surface area (Å²) in [4.78, 5) is 17.0. The van der Waals surface area contributed by atoms with Gasteiger partial charge in [-0.1, -0.05) is 43.2 Å². The van der Waals surface area contributed by atoms with E-state index in [-0.39, 0.29) is 22.6 Å². The first-order chi connectivity index (χ1) is 14.5. The van der Waals surface area contributed by atoms with E-state index in [2.05, 4.69) is 15.0 Å². The number of aromatic nitrogens is 1. The number of carbonyl (C=O) groups is 1. The topological polar surface area (TPSA) is 88.2 Å². The number of thioether (sulfide) groups is 1. The zero-order valence-corrected chi connectivity index (χ0v) is 18.8. The fourth-order valence-corrected chi connectivity index (χ4v) is 6.64. The molecule has 0 unspecified atom stereocenters. The van der Waals surface area contributed by atoms with Gasteiger partial charge in [-0.15, -0.1) is 11.3 Å². The van der Waals surface area contributed by atoms with E-state index in [0.29, 0.717) is 5.69 Å². The summed E-state index contributed by atoms with van der Waals surface area (Å²) in [7, 11) is -3.54. The smallest absolute Gasteiger partial charge is 0.240 e. The van der Waals surface area contributed by atoms with Crippen LogP contribution in [-0.2, 0) is 14.8 Å². The summed E-state index contributed by atoms with van der Waals surface area (Å²) >= 11 is 2.95. The Morgan fingerprint density at radius 3 is 2.53 bits per heavy atom. The molecule has 0 spiro atoms. The van der Waals surface area contributed by atoms with E-state index < -0.39 is 10.0 Å². The molecule has 6 nitrogen and oxygen atoms in total. The number of carbonyl (C=O) groups excluding carboxylic acids is 1. The van der Waals surface area contributed by atoms with E-state index in [1.54, 1.807) is 23.5 Å². The first-order valence-corrected chi connectivity index (χ1v) is 13.2. The van der Waals surface area contributed by atoms with E-state index in [9.17, 15) is 13.2 Å². The lowest BCUT2D eigenvalue weighted by molar-refractivity contribution is -0.113. The molecule has 3 aromatic rings. The highest BCUT2D eigenvalue weighted by Crippen LogP contribution is 2.29. The number of hydrogen-bond donors (Lipinski definition) is 2. The van der Waals surface area contributed by atoms with Gasteiger partial charge in [-0.3, -0.25) is 4.79 Å². The largest absolute Gasteiger partial charge is 0.325 e. The number of hydrogen-bond acceptors (Lipinski definition) is 6. The zero-order valence-electron chi connectivity index (χ0n) is 16.3. The molecule has 1 saturated carbocycles. The van der Waals surface area contributed by atoms with Crippen molar-refractivity contribution in [2.24, 2.45) is 0 Å². The van der Waals surface area contributed by atoms with Gasteiger partial charge in [0.25, 0.3) is 0 Å². The molecule has 1 aliphatic carbocycles. The highest BCUT2D eigenvalue weighted by Gasteiger charge is 2.21. The number of rotatable bonds is 7. The lowest BCUT2D eigenvalue weighted by Crippen LogP contribution is -2.36. The maximum Gasteiger partial charge on any atom is 0.240 e. The quantitative estimate of drug-likeness (QED) is 0.501. The van der Waals surface area contributed by atoms with Crippen LogP contribution in [0, 0.1) is 0 Å². The molecule has 2 N–H and O–H groups in total. The van der Waals surface area contributed by atoms with Crippen molar-refractivity contribution in [3.63, 3.8) is 0 Å². The number of nitrogens with one attached hydrogen (secondary N) is 2. The maximum absolute atomic E-state index is 12.6. The third kappa shape index (κ3) is 5.40. The average Bonchev–Trinajstić information content (AvgIpc) is 3.16. The Bertz CT molecular complexity index is 1090. The van der Waals surface area contributed by atoms with Gasteiger partial charge >= 0.3 is 0 Å². The van der Waals surface area contributed by atoms with E-state index >= 15 is 0 Å². The minimum Gasteiger partial charge on any atom is -0.325 e. The SMILES string of the molecule is O=C(CSc1nc2ccccc2s1)Nc1ccc(S(=O)(=O)NC2CCCCC2)cc1. The van der Waals surface area contributed by atoms with Crippen molar-refractivity contribution in [3.8, 4) is 0 Å². The molecule has 2 aromatic carbocycles. The predicted octanol–water partition coefficient (Wildman–Crippen LogP) is 4.64. The molecule has 1 amide bonds. The summed E-state index contributed by atoms with van der Waals surface area (Å²) in [5, 5.41) is 2.81. The van der Waals surface area contributed by atoms with Crippen LogP contribution in [-0.4, -0.2) is 31.1 Å². The molecule has 0 aliphatic heterocycles. The van der Waals surface area contributed by atoms with Crippen LogP contribution in [0.3, 0.4) is 0 Å². The number of sulfonamides is 1. The molecule has 0 radical (unpaired) electrons. The third-order valence-electron chi connectivity index (χ3n) is 4.98. The highest BCUT2D eigenvalue weighted by atomic mass is 32.2. The fourth-order valence-electron chi connectivity index (χ4n) is 3.46. The van der Waals surface area contributed by atoms with Gasteiger partial charge in [-0.25, -0.2) is 18.1 Å². The second-order valence-corrected chi connectivity index (χ2v) is 11.2. The Morgan fingerprint density at radius 2 is 1.80 bits per heavy atom. The summed E-state index contributed by atoms with van der Waals surface area (Å²) in [6.07, 6.45) is 5.07. The lowest BCUT2D eigenvalue weighted by atomic mass is 9.96. The molecule has 1 heterocycles. The lowest BCUT2D eigenvalue weighted by Gasteiger charge is -2.22. The van der Waals surface area contributed by atoms with Crippen molar-refractivity contribution in [3.05, 3.63) is 48.5 Å². The van der Waals surface area contributed by atoms with Crippen LogP contribution in [0.1, 0.15) is 32.1 Å². The minimum atomic E-state index is -3.54. The number of anilines is 1. The summed E-state index contributed by atoms with van der Waals surface area (Å²) in [5.74, 6) is 0.0820. The molecule has 1 fully saturated rings. The van der Waals surface area contributed by atoms with Gasteiger partial charge in [-0.2, -0.15) is 0 Å². The Hall–Kier alpha value is -1.94. The Morgan fingerprint density at radius 1 is 1.07 bits per heavy atom. The molecule has 158 valence electrons. The molecule has 30 heavy (non-hydrogen) atoms. The molecule has 1 aliphatic rings. The molecule has 9 heteroatoms. The molecule has 0 bridgehead atoms. The number of thiazole rings is 1. The van der Waals surface area contributed by atoms with Gasteiger partial charge in [0.1, 0.15) is 0 Å². The van der Waals surface area contributed by atoms with Crippen LogP contribution in [0.4, 0.5) is 5.69 Å². The van der Waals surface area contributed by atoms with Gasteiger partial charge in [0.2, 0.25) is 15.9 Å². The molecule has 0 atom stereocenters. The third-order valence-corrected chi connectivity index (χ3v) is 8.69. The molecular weight excluding hydrogens is 438 g/mol. The zero-order chi connectivity index (χ0) is 21.0. The van der Waals surface area contributed by atoms with Crippen LogP contribution in [0.2, 0.25) is 0 Å². The first-order valence-electron chi connectivity index (χ1n) is 9.90. The predicted molar refractivity (Wildman–Crippen MR) is 123 cm³/mol. The number of fused-ring (bicyclic) bond motifs is 1. The van der Waals surface area contributed by atoms with Crippen molar-refractivity contribution < 1.29 is 13.2 Å². The number of para-hydroxylation sites is 1. The number of amides is 1. The molecule has 4 rings (SSSR count). The first kappa shape index (κ1) is 21.3. The molecular formula is C21H23N3O3S3. The van der Waals surface area contributed by atoms with Crippen LogP contribution in [0.15, 0.2) is 57.8 Å². The maximum atomic E-state index is 12.6. The Kier molecular flexibility index (Phi) is 6.72. The van der Waals surface area contributed by atoms with E-state index in [1.165, 1.54) is 30.3 Å². The van der Waals surface area contributed by atoms with E-state index in [4.69, 9.17) is 0 Å². The van der Waals surface area contributed by atoms with Gasteiger partial charge in [-0.05, 0) is 49.2 Å². The van der Waals surface area contributed by atoms with Gasteiger partial charge in [0.05, 0.1) is 20.9 Å². The van der Waals surface area contributed by atoms with E-state index in [0.717, 1.165) is 40.2 Å². The fraction of sp³-hybridized carbons (Fsp3) is 0.333. The van der Waals surface area contributed by atoms with Gasteiger partial charge in [0.15, 0.2) is 4.34 Å². The van der Waals surface area contributed by atoms with Crippen molar-refractivity contribution >= 4 is 54.9 Å². The minimum absolute atomic E-state index is 0.0164. The van der Waals surface area contributed by atoms with Crippen LogP contribution < -0.4 is 10.0 Å². The second-order valence-electron chi connectivity index (χ2n) is 7.26. The standard InChI is InChI=1S/C21H23N3O3S3/c25-20(14-28-21-23-18-8-4-5-9-19(18)29-21)22-15-10-12-17(13-11-15)30(26,27)24-16-6-2-1-3-7-16/h4-5,8-13,16,24H,1-3,6-7,14H2,(H,22,25). The van der Waals surface area contributed by atoms with Crippen molar-refractivity contribution in [2.75, 3.05) is 11.1 Å². The Balaban J connectivity index is 1.31. The monoisotopic (exact) mass is 461 g/mol. The summed E-state index contributed by atoms with van der Waals surface area (Å²) in [6, 6.07) is 14.2. The van der Waals surface area contributed by atoms with Gasteiger partial charge < -0.3 is 5.32 Å². The number of nitrogens with zero attached hydrogens (tertiary/aromatic N) is 1. The van der Waals surface area contributed by atoms with E-state index in [1.807, 2.05) is 24.3 Å².